The Labute approximate surface area is 373 Å². The zero-order valence-corrected chi connectivity index (χ0v) is 37.3. The standard InChI is InChI=1S/C45H72O19/c1-17-12-26(48)45(57-16-17)18(2)27-38(64-45)31(51)28-22-7-6-20-13-21(8-10-43(20,4)23(22)9-11-44(27,28)5)59-42-39(63-40-34(54)32(52)29(49)19(3)58-40)36(56)37(25(15-47)61-42)62-41-35(55)33(53)30(50)24(14-46)60-41/h6,17-19,21-42,46-56H,7-16H2,1-5H3. The highest BCUT2D eigenvalue weighted by atomic mass is 16.8. The van der Waals surface area contributed by atoms with Crippen LogP contribution in [0.25, 0.3) is 0 Å². The van der Waals surface area contributed by atoms with E-state index >= 15 is 0 Å². The molecule has 4 aliphatic carbocycles. The molecule has 28 unspecified atom stereocenters. The molecule has 0 aromatic carbocycles. The smallest absolute Gasteiger partial charge is 0.197 e. The number of hydrogen-bond donors (Lipinski definition) is 11. The zero-order chi connectivity index (χ0) is 45.9. The van der Waals surface area contributed by atoms with Crippen LogP contribution in [0.5, 0.6) is 0 Å². The van der Waals surface area contributed by atoms with Crippen LogP contribution in [-0.2, 0) is 37.9 Å². The molecule has 0 radical (unpaired) electrons. The molecule has 28 atom stereocenters. The van der Waals surface area contributed by atoms with E-state index in [-0.39, 0.29) is 46.3 Å². The van der Waals surface area contributed by atoms with Crippen molar-refractivity contribution in [2.75, 3.05) is 19.8 Å². The number of hydrogen-bond acceptors (Lipinski definition) is 19. The molecule has 8 fully saturated rings. The lowest BCUT2D eigenvalue weighted by Crippen LogP contribution is -2.67. The summed E-state index contributed by atoms with van der Waals surface area (Å²) in [7, 11) is 0. The van der Waals surface area contributed by atoms with Crippen molar-refractivity contribution >= 4 is 0 Å². The highest BCUT2D eigenvalue weighted by molar-refractivity contribution is 5.27. The van der Waals surface area contributed by atoms with Crippen molar-refractivity contribution < 1.29 is 94.1 Å². The Morgan fingerprint density at radius 1 is 0.672 bits per heavy atom. The lowest BCUT2D eigenvalue weighted by Gasteiger charge is -2.59. The third-order valence-electron chi connectivity index (χ3n) is 17.7. The van der Waals surface area contributed by atoms with Crippen LogP contribution in [0.1, 0.15) is 79.6 Å². The second kappa shape index (κ2) is 17.7. The van der Waals surface area contributed by atoms with Gasteiger partial charge >= 0.3 is 0 Å². The molecule has 5 saturated heterocycles. The van der Waals surface area contributed by atoms with Gasteiger partial charge in [-0.25, -0.2) is 0 Å². The van der Waals surface area contributed by atoms with Crippen LogP contribution < -0.4 is 0 Å². The average molecular weight is 917 g/mol. The SMILES string of the molecule is CC1COC2(OC3C(O)C4C5CC=C6CC(OC7OC(CO)C(OC8OC(CO)C(O)C(O)C8O)C(O)C7OC7OC(C)C(O)C(O)C7O)CCC6(C)C5CCC4(C)C3C2C)C(O)C1. The normalized spacial score (nSPS) is 58.6. The molecule has 0 aromatic heterocycles. The number of aliphatic hydroxyl groups is 11. The van der Waals surface area contributed by atoms with Gasteiger partial charge in [-0.2, -0.15) is 0 Å². The third kappa shape index (κ3) is 7.50. The summed E-state index contributed by atoms with van der Waals surface area (Å²) in [4.78, 5) is 0. The zero-order valence-electron chi connectivity index (χ0n) is 37.3. The summed E-state index contributed by atoms with van der Waals surface area (Å²) in [5.41, 5.74) is 0.791. The molecular formula is C45H72O19. The molecule has 366 valence electrons. The first-order valence-corrected chi connectivity index (χ1v) is 23.6. The van der Waals surface area contributed by atoms with Crippen LogP contribution in [0.4, 0.5) is 0 Å². The van der Waals surface area contributed by atoms with Gasteiger partial charge in [0.05, 0.1) is 44.2 Å². The lowest BCUT2D eigenvalue weighted by atomic mass is 9.46. The van der Waals surface area contributed by atoms with Gasteiger partial charge in [0.2, 0.25) is 0 Å². The molecule has 0 aromatic rings. The molecule has 5 heterocycles. The predicted molar refractivity (Wildman–Crippen MR) is 217 cm³/mol. The van der Waals surface area contributed by atoms with Gasteiger partial charge in [-0.3, -0.25) is 0 Å². The highest BCUT2D eigenvalue weighted by Gasteiger charge is 2.73. The van der Waals surface area contributed by atoms with Crippen LogP contribution in [0.15, 0.2) is 11.6 Å². The minimum Gasteiger partial charge on any atom is -0.394 e. The molecule has 0 amide bonds. The van der Waals surface area contributed by atoms with E-state index in [4.69, 9.17) is 37.9 Å². The minimum absolute atomic E-state index is 0.00685. The molecule has 9 rings (SSSR count). The van der Waals surface area contributed by atoms with E-state index in [0.29, 0.717) is 25.9 Å². The van der Waals surface area contributed by atoms with E-state index in [0.717, 1.165) is 25.7 Å². The van der Waals surface area contributed by atoms with E-state index in [1.54, 1.807) is 0 Å². The van der Waals surface area contributed by atoms with Crippen molar-refractivity contribution in [1.82, 2.24) is 0 Å². The van der Waals surface area contributed by atoms with Gasteiger partial charge in [0.1, 0.15) is 73.2 Å². The molecule has 3 saturated carbocycles. The number of fused-ring (bicyclic) bond motifs is 7. The van der Waals surface area contributed by atoms with E-state index < -0.39 is 136 Å². The fourth-order valence-electron chi connectivity index (χ4n) is 14.2. The monoisotopic (exact) mass is 916 g/mol. The van der Waals surface area contributed by atoms with Gasteiger partial charge in [-0.15, -0.1) is 0 Å². The summed E-state index contributed by atoms with van der Waals surface area (Å²) in [5, 5.41) is 119. The maximum atomic E-state index is 12.2. The molecule has 11 N–H and O–H groups in total. The first-order chi connectivity index (χ1) is 30.3. The van der Waals surface area contributed by atoms with Gasteiger partial charge in [0.15, 0.2) is 24.7 Å². The van der Waals surface area contributed by atoms with Gasteiger partial charge in [-0.05, 0) is 86.4 Å². The number of allylic oxidation sites excluding steroid dienone is 1. The summed E-state index contributed by atoms with van der Waals surface area (Å²) in [6.07, 6.45) is -18.4. The fourth-order valence-corrected chi connectivity index (χ4v) is 14.2. The number of rotatable bonds is 8. The fraction of sp³-hybridized carbons (Fsp3) is 0.956. The quantitative estimate of drug-likeness (QED) is 0.119. The Kier molecular flexibility index (Phi) is 13.3. The maximum Gasteiger partial charge on any atom is 0.197 e. The average Bonchev–Trinajstić information content (AvgIpc) is 3.69. The topological polar surface area (TPSA) is 296 Å². The van der Waals surface area contributed by atoms with Crippen LogP contribution in [0.3, 0.4) is 0 Å². The second-order valence-electron chi connectivity index (χ2n) is 21.3. The molecule has 9 aliphatic rings. The van der Waals surface area contributed by atoms with Gasteiger partial charge < -0.3 is 94.1 Å². The Bertz CT molecular complexity index is 1690. The largest absolute Gasteiger partial charge is 0.394 e. The van der Waals surface area contributed by atoms with E-state index in [2.05, 4.69) is 33.8 Å². The van der Waals surface area contributed by atoms with E-state index in [1.165, 1.54) is 12.5 Å². The van der Waals surface area contributed by atoms with Crippen molar-refractivity contribution in [2.45, 2.75) is 202 Å². The van der Waals surface area contributed by atoms with Crippen LogP contribution in [-0.4, -0.2) is 198 Å². The Morgan fingerprint density at radius 3 is 2.02 bits per heavy atom. The molecule has 5 aliphatic heterocycles. The third-order valence-corrected chi connectivity index (χ3v) is 17.7. The van der Waals surface area contributed by atoms with E-state index in [1.807, 2.05) is 0 Å². The summed E-state index contributed by atoms with van der Waals surface area (Å²) in [5.74, 6) is -0.485. The number of ether oxygens (including phenoxy) is 8. The van der Waals surface area contributed by atoms with Crippen molar-refractivity contribution in [3.8, 4) is 0 Å². The Balaban J connectivity index is 0.929. The first-order valence-electron chi connectivity index (χ1n) is 23.6. The number of aliphatic hydroxyl groups excluding tert-OH is 11. The molecule has 64 heavy (non-hydrogen) atoms. The Morgan fingerprint density at radius 2 is 1.33 bits per heavy atom. The summed E-state index contributed by atoms with van der Waals surface area (Å²) >= 11 is 0. The molecule has 0 bridgehead atoms. The molecule has 19 heteroatoms. The molecule has 19 nitrogen and oxygen atoms in total. The molecular weight excluding hydrogens is 844 g/mol. The minimum atomic E-state index is -1.84. The highest BCUT2D eigenvalue weighted by Crippen LogP contribution is 2.70. The van der Waals surface area contributed by atoms with Crippen molar-refractivity contribution in [2.24, 2.45) is 46.3 Å². The van der Waals surface area contributed by atoms with Gasteiger partial charge in [0, 0.05) is 11.8 Å². The first kappa shape index (κ1) is 48.0. The van der Waals surface area contributed by atoms with Gasteiger partial charge in [-0.1, -0.05) is 39.3 Å². The van der Waals surface area contributed by atoms with Crippen LogP contribution in [0, 0.1) is 46.3 Å². The van der Waals surface area contributed by atoms with Gasteiger partial charge in [0.25, 0.3) is 0 Å². The molecule has 1 spiro atoms. The Hall–Kier alpha value is -1.02. The van der Waals surface area contributed by atoms with E-state index in [9.17, 15) is 56.2 Å². The van der Waals surface area contributed by atoms with Crippen molar-refractivity contribution in [3.05, 3.63) is 11.6 Å². The summed E-state index contributed by atoms with van der Waals surface area (Å²) in [6, 6.07) is 0. The predicted octanol–water partition coefficient (Wildman–Crippen LogP) is -1.84. The summed E-state index contributed by atoms with van der Waals surface area (Å²) < 4.78 is 49.3. The lowest BCUT2D eigenvalue weighted by molar-refractivity contribution is -0.389. The van der Waals surface area contributed by atoms with Crippen LogP contribution >= 0.6 is 0 Å². The second-order valence-corrected chi connectivity index (χ2v) is 21.3. The maximum absolute atomic E-state index is 12.2. The van der Waals surface area contributed by atoms with Crippen molar-refractivity contribution in [3.63, 3.8) is 0 Å². The van der Waals surface area contributed by atoms with Crippen molar-refractivity contribution in [1.29, 1.82) is 0 Å². The summed E-state index contributed by atoms with van der Waals surface area (Å²) in [6.45, 7) is 9.31. The van der Waals surface area contributed by atoms with Crippen LogP contribution in [0.2, 0.25) is 0 Å².